The van der Waals surface area contributed by atoms with Crippen molar-refractivity contribution >= 4 is 10.2 Å². The smallest absolute Gasteiger partial charge is 0.279 e. The van der Waals surface area contributed by atoms with Crippen molar-refractivity contribution in [3.8, 4) is 11.8 Å². The molecule has 21 heavy (non-hydrogen) atoms. The van der Waals surface area contributed by atoms with Gasteiger partial charge in [-0.3, -0.25) is 0 Å². The Balaban J connectivity index is 2.04. The second-order valence-corrected chi connectivity index (χ2v) is 6.73. The van der Waals surface area contributed by atoms with E-state index in [-0.39, 0.29) is 12.6 Å². The third kappa shape index (κ3) is 4.29. The number of hydrogen-bond acceptors (Lipinski definition) is 3. The number of nitrogens with zero attached hydrogens (tertiary/aromatic N) is 1. The maximum atomic E-state index is 12.2. The van der Waals surface area contributed by atoms with E-state index >= 15 is 0 Å². The molecule has 0 bridgehead atoms. The number of benzene rings is 1. The van der Waals surface area contributed by atoms with Crippen molar-refractivity contribution in [1.82, 2.24) is 9.03 Å². The van der Waals surface area contributed by atoms with E-state index in [0.29, 0.717) is 13.1 Å². The van der Waals surface area contributed by atoms with Crippen molar-refractivity contribution in [3.05, 3.63) is 35.4 Å². The largest absolute Gasteiger partial charge is 0.384 e. The van der Waals surface area contributed by atoms with Gasteiger partial charge in [0.15, 0.2) is 0 Å². The van der Waals surface area contributed by atoms with Gasteiger partial charge in [-0.15, -0.1) is 0 Å². The average Bonchev–Trinajstić information content (AvgIpc) is 3.00. The van der Waals surface area contributed by atoms with Crippen LogP contribution in [0.3, 0.4) is 0 Å². The molecule has 1 aromatic rings. The summed E-state index contributed by atoms with van der Waals surface area (Å²) in [5.41, 5.74) is 1.68. The van der Waals surface area contributed by atoms with E-state index in [2.05, 4.69) is 16.6 Å². The SMILES string of the molecule is CC(NS(=O)(=O)N1CCCC1)c1ccc(C#CCO)cc1. The van der Waals surface area contributed by atoms with Gasteiger partial charge in [0, 0.05) is 24.7 Å². The van der Waals surface area contributed by atoms with Gasteiger partial charge in [0.1, 0.15) is 6.61 Å². The van der Waals surface area contributed by atoms with Crippen molar-refractivity contribution in [2.45, 2.75) is 25.8 Å². The maximum Gasteiger partial charge on any atom is 0.279 e. The molecule has 0 radical (unpaired) electrons. The molecule has 1 aromatic carbocycles. The lowest BCUT2D eigenvalue weighted by Gasteiger charge is -2.20. The molecule has 1 aliphatic rings. The highest BCUT2D eigenvalue weighted by Crippen LogP contribution is 2.17. The predicted octanol–water partition coefficient (Wildman–Crippen LogP) is 1.02. The summed E-state index contributed by atoms with van der Waals surface area (Å²) < 4.78 is 28.6. The zero-order valence-electron chi connectivity index (χ0n) is 12.0. The quantitative estimate of drug-likeness (QED) is 0.816. The number of nitrogens with one attached hydrogen (secondary N) is 1. The van der Waals surface area contributed by atoms with Crippen molar-refractivity contribution in [2.75, 3.05) is 19.7 Å². The van der Waals surface area contributed by atoms with Crippen LogP contribution in [0.2, 0.25) is 0 Å². The number of hydrogen-bond donors (Lipinski definition) is 2. The van der Waals surface area contributed by atoms with Gasteiger partial charge in [-0.2, -0.15) is 17.4 Å². The van der Waals surface area contributed by atoms with Crippen molar-refractivity contribution in [1.29, 1.82) is 0 Å². The first kappa shape index (κ1) is 16.0. The van der Waals surface area contributed by atoms with Crippen molar-refractivity contribution < 1.29 is 13.5 Å². The van der Waals surface area contributed by atoms with E-state index in [1.807, 2.05) is 31.2 Å². The minimum absolute atomic E-state index is 0.173. The van der Waals surface area contributed by atoms with Crippen LogP contribution >= 0.6 is 0 Å². The number of aliphatic hydroxyl groups is 1. The van der Waals surface area contributed by atoms with E-state index < -0.39 is 10.2 Å². The highest BCUT2D eigenvalue weighted by atomic mass is 32.2. The normalized spacial score (nSPS) is 17.2. The minimum Gasteiger partial charge on any atom is -0.384 e. The van der Waals surface area contributed by atoms with Crippen LogP contribution < -0.4 is 4.72 Å². The summed E-state index contributed by atoms with van der Waals surface area (Å²) in [4.78, 5) is 0. The Bertz CT molecular complexity index is 623. The van der Waals surface area contributed by atoms with Gasteiger partial charge < -0.3 is 5.11 Å². The van der Waals surface area contributed by atoms with Gasteiger partial charge >= 0.3 is 0 Å². The first-order chi connectivity index (χ1) is 10.0. The van der Waals surface area contributed by atoms with E-state index in [9.17, 15) is 8.42 Å². The lowest BCUT2D eigenvalue weighted by Crippen LogP contribution is -2.40. The lowest BCUT2D eigenvalue weighted by molar-refractivity contribution is 0.350. The molecular formula is C15H20N2O3S. The molecule has 1 saturated heterocycles. The second-order valence-electron chi connectivity index (χ2n) is 5.03. The van der Waals surface area contributed by atoms with Gasteiger partial charge in [0.2, 0.25) is 0 Å². The third-order valence-electron chi connectivity index (χ3n) is 3.45. The first-order valence-electron chi connectivity index (χ1n) is 7.00. The highest BCUT2D eigenvalue weighted by molar-refractivity contribution is 7.87. The molecule has 2 N–H and O–H groups in total. The Labute approximate surface area is 126 Å². The molecule has 0 amide bonds. The molecule has 0 aliphatic carbocycles. The summed E-state index contributed by atoms with van der Waals surface area (Å²) in [5.74, 6) is 5.38. The van der Waals surface area contributed by atoms with Crippen molar-refractivity contribution in [3.63, 3.8) is 0 Å². The fourth-order valence-corrected chi connectivity index (χ4v) is 3.76. The topological polar surface area (TPSA) is 69.6 Å². The Kier molecular flexibility index (Phi) is 5.37. The zero-order valence-corrected chi connectivity index (χ0v) is 12.9. The monoisotopic (exact) mass is 308 g/mol. The Hall–Kier alpha value is -1.39. The molecule has 1 aliphatic heterocycles. The van der Waals surface area contributed by atoms with Gasteiger partial charge in [-0.05, 0) is 37.5 Å². The molecule has 1 heterocycles. The molecule has 0 saturated carbocycles. The van der Waals surface area contributed by atoms with E-state index in [4.69, 9.17) is 5.11 Å². The third-order valence-corrected chi connectivity index (χ3v) is 5.15. The van der Waals surface area contributed by atoms with Crippen LogP contribution in [0.15, 0.2) is 24.3 Å². The van der Waals surface area contributed by atoms with Crippen LogP contribution in [-0.4, -0.2) is 37.5 Å². The molecule has 1 unspecified atom stereocenters. The molecule has 1 fully saturated rings. The lowest BCUT2D eigenvalue weighted by atomic mass is 10.1. The predicted molar refractivity (Wildman–Crippen MR) is 81.7 cm³/mol. The van der Waals surface area contributed by atoms with E-state index in [0.717, 1.165) is 24.0 Å². The Morgan fingerprint density at radius 3 is 2.48 bits per heavy atom. The number of aliphatic hydroxyl groups excluding tert-OH is 1. The molecule has 0 spiro atoms. The summed E-state index contributed by atoms with van der Waals surface area (Å²) in [7, 11) is -3.41. The summed E-state index contributed by atoms with van der Waals surface area (Å²) in [6, 6.07) is 7.03. The zero-order chi connectivity index (χ0) is 15.3. The first-order valence-corrected chi connectivity index (χ1v) is 8.44. The standard InChI is InChI=1S/C15H20N2O3S/c1-13(16-21(19,20)17-10-2-3-11-17)15-8-6-14(7-9-15)5-4-12-18/h6-9,13,16,18H,2-3,10-12H2,1H3. The van der Waals surface area contributed by atoms with E-state index in [1.165, 1.54) is 4.31 Å². The maximum absolute atomic E-state index is 12.2. The summed E-state index contributed by atoms with van der Waals surface area (Å²) >= 11 is 0. The molecule has 5 nitrogen and oxygen atoms in total. The molecule has 114 valence electrons. The van der Waals surface area contributed by atoms with Crippen LogP contribution in [0.1, 0.15) is 36.9 Å². The fraction of sp³-hybridized carbons (Fsp3) is 0.467. The van der Waals surface area contributed by atoms with Crippen LogP contribution in [0.4, 0.5) is 0 Å². The van der Waals surface area contributed by atoms with Gasteiger partial charge in [0.25, 0.3) is 10.2 Å². The van der Waals surface area contributed by atoms with Gasteiger partial charge in [-0.1, -0.05) is 24.0 Å². The second kappa shape index (κ2) is 7.05. The molecule has 2 rings (SSSR count). The summed E-state index contributed by atoms with van der Waals surface area (Å²) in [5, 5.41) is 8.65. The summed E-state index contributed by atoms with van der Waals surface area (Å²) in [6.07, 6.45) is 1.85. The molecule has 1 atom stereocenters. The van der Waals surface area contributed by atoms with Crippen LogP contribution in [0, 0.1) is 11.8 Å². The highest BCUT2D eigenvalue weighted by Gasteiger charge is 2.26. The molecule has 0 aromatic heterocycles. The Morgan fingerprint density at radius 2 is 1.90 bits per heavy atom. The van der Waals surface area contributed by atoms with E-state index in [1.54, 1.807) is 0 Å². The minimum atomic E-state index is -3.41. The Morgan fingerprint density at radius 1 is 1.29 bits per heavy atom. The fourth-order valence-electron chi connectivity index (χ4n) is 2.29. The van der Waals surface area contributed by atoms with Crippen LogP contribution in [-0.2, 0) is 10.2 Å². The summed E-state index contributed by atoms with van der Waals surface area (Å²) in [6.45, 7) is 2.84. The van der Waals surface area contributed by atoms with Gasteiger partial charge in [0.05, 0.1) is 0 Å². The van der Waals surface area contributed by atoms with Crippen molar-refractivity contribution in [2.24, 2.45) is 0 Å². The van der Waals surface area contributed by atoms with Crippen LogP contribution in [0.25, 0.3) is 0 Å². The van der Waals surface area contributed by atoms with Gasteiger partial charge in [-0.25, -0.2) is 0 Å². The molecular weight excluding hydrogens is 288 g/mol. The molecule has 6 heteroatoms. The van der Waals surface area contributed by atoms with Crippen LogP contribution in [0.5, 0.6) is 0 Å². The average molecular weight is 308 g/mol. The number of rotatable bonds is 4.